The minimum Gasteiger partial charge on any atom is -0.350 e. The largest absolute Gasteiger partial charge is 0.350 e. The molecule has 3 rings (SSSR count). The number of rotatable bonds is 3. The number of carbonyl (C=O) groups is 1. The Morgan fingerprint density at radius 2 is 2.12 bits per heavy atom. The second-order valence-corrected chi connectivity index (χ2v) is 7.77. The molecular formula is C17H26N6O. The molecule has 2 aromatic heterocycles. The molecule has 1 unspecified atom stereocenters. The minimum absolute atomic E-state index is 0.141. The van der Waals surface area contributed by atoms with Gasteiger partial charge >= 0.3 is 0 Å². The summed E-state index contributed by atoms with van der Waals surface area (Å²) in [6.07, 6.45) is 1.12. The van der Waals surface area contributed by atoms with Crippen LogP contribution in [0.1, 0.15) is 49.2 Å². The third-order valence-electron chi connectivity index (χ3n) is 4.46. The molecule has 0 bridgehead atoms. The predicted molar refractivity (Wildman–Crippen MR) is 92.2 cm³/mol. The Balaban J connectivity index is 1.84. The van der Waals surface area contributed by atoms with Crippen LogP contribution in [0.15, 0.2) is 6.07 Å². The number of nitrogens with zero attached hydrogens (tertiary/aromatic N) is 5. The van der Waals surface area contributed by atoms with Gasteiger partial charge in [-0.2, -0.15) is 10.1 Å². The number of likely N-dealkylation sites (tertiary alicyclic amines) is 1. The number of aryl methyl sites for hydroxylation is 1. The molecule has 3 heterocycles. The lowest BCUT2D eigenvalue weighted by atomic mass is 9.91. The summed E-state index contributed by atoms with van der Waals surface area (Å²) in [5, 5.41) is 7.43. The fourth-order valence-electron chi connectivity index (χ4n) is 3.14. The standard InChI is InChI=1S/C17H26N6O/c1-11-19-16-20-13(8-14(17(2,3)4)23(16)21-11)15(24)18-9-12-6-7-22(5)10-12/h8,12H,6-7,9-10H2,1-5H3,(H,18,24). The summed E-state index contributed by atoms with van der Waals surface area (Å²) in [7, 11) is 2.11. The second-order valence-electron chi connectivity index (χ2n) is 7.77. The summed E-state index contributed by atoms with van der Waals surface area (Å²) < 4.78 is 1.73. The van der Waals surface area contributed by atoms with E-state index >= 15 is 0 Å². The first-order valence-electron chi connectivity index (χ1n) is 8.45. The van der Waals surface area contributed by atoms with E-state index in [1.807, 2.05) is 13.0 Å². The molecule has 130 valence electrons. The van der Waals surface area contributed by atoms with Crippen molar-refractivity contribution in [2.24, 2.45) is 5.92 Å². The van der Waals surface area contributed by atoms with E-state index in [-0.39, 0.29) is 11.3 Å². The van der Waals surface area contributed by atoms with Crippen LogP contribution < -0.4 is 5.32 Å². The van der Waals surface area contributed by atoms with Crippen molar-refractivity contribution in [3.8, 4) is 0 Å². The second kappa shape index (κ2) is 6.12. The number of carbonyl (C=O) groups excluding carboxylic acids is 1. The molecule has 0 aliphatic carbocycles. The van der Waals surface area contributed by atoms with E-state index < -0.39 is 0 Å². The smallest absolute Gasteiger partial charge is 0.270 e. The third kappa shape index (κ3) is 3.40. The summed E-state index contributed by atoms with van der Waals surface area (Å²) in [5.41, 5.74) is 1.18. The summed E-state index contributed by atoms with van der Waals surface area (Å²) in [4.78, 5) is 23.6. The van der Waals surface area contributed by atoms with Gasteiger partial charge in [0.2, 0.25) is 0 Å². The van der Waals surface area contributed by atoms with Crippen LogP contribution in [0.2, 0.25) is 0 Å². The van der Waals surface area contributed by atoms with Gasteiger partial charge in [0.05, 0.1) is 5.69 Å². The first kappa shape index (κ1) is 16.8. The fourth-order valence-corrected chi connectivity index (χ4v) is 3.14. The fraction of sp³-hybridized carbons (Fsp3) is 0.647. The quantitative estimate of drug-likeness (QED) is 0.921. The summed E-state index contributed by atoms with van der Waals surface area (Å²) >= 11 is 0. The maximum Gasteiger partial charge on any atom is 0.270 e. The Kier molecular flexibility index (Phi) is 4.29. The van der Waals surface area contributed by atoms with E-state index in [1.165, 1.54) is 0 Å². The highest BCUT2D eigenvalue weighted by Crippen LogP contribution is 2.23. The van der Waals surface area contributed by atoms with Gasteiger partial charge in [-0.25, -0.2) is 9.50 Å². The Morgan fingerprint density at radius 3 is 2.75 bits per heavy atom. The van der Waals surface area contributed by atoms with Gasteiger partial charge in [0.1, 0.15) is 11.5 Å². The first-order chi connectivity index (χ1) is 11.2. The minimum atomic E-state index is -0.162. The van der Waals surface area contributed by atoms with Crippen molar-refractivity contribution in [2.45, 2.75) is 39.5 Å². The van der Waals surface area contributed by atoms with Crippen LogP contribution in [0, 0.1) is 12.8 Å². The third-order valence-corrected chi connectivity index (χ3v) is 4.46. The highest BCUT2D eigenvalue weighted by molar-refractivity contribution is 5.92. The van der Waals surface area contributed by atoms with Crippen molar-refractivity contribution in [3.63, 3.8) is 0 Å². The number of hydrogen-bond acceptors (Lipinski definition) is 5. The Morgan fingerprint density at radius 1 is 1.38 bits per heavy atom. The van der Waals surface area contributed by atoms with Crippen LogP contribution in [0.4, 0.5) is 0 Å². The molecule has 24 heavy (non-hydrogen) atoms. The molecule has 1 aliphatic heterocycles. The predicted octanol–water partition coefficient (Wildman–Crippen LogP) is 1.41. The van der Waals surface area contributed by atoms with Gasteiger partial charge in [-0.3, -0.25) is 4.79 Å². The zero-order valence-corrected chi connectivity index (χ0v) is 15.1. The van der Waals surface area contributed by atoms with Crippen molar-refractivity contribution in [2.75, 3.05) is 26.7 Å². The van der Waals surface area contributed by atoms with Crippen LogP contribution in [-0.2, 0) is 5.41 Å². The molecule has 2 aromatic rings. The van der Waals surface area contributed by atoms with Gasteiger partial charge in [-0.1, -0.05) is 20.8 Å². The van der Waals surface area contributed by atoms with E-state index in [2.05, 4.69) is 53.1 Å². The lowest BCUT2D eigenvalue weighted by Gasteiger charge is -2.20. The molecule has 7 heteroatoms. The van der Waals surface area contributed by atoms with Gasteiger partial charge in [-0.05, 0) is 38.9 Å². The molecule has 1 aliphatic rings. The zero-order valence-electron chi connectivity index (χ0n) is 15.1. The van der Waals surface area contributed by atoms with Crippen LogP contribution in [0.3, 0.4) is 0 Å². The van der Waals surface area contributed by atoms with E-state index in [0.717, 1.165) is 25.2 Å². The van der Waals surface area contributed by atoms with E-state index in [0.29, 0.717) is 29.8 Å². The van der Waals surface area contributed by atoms with Crippen molar-refractivity contribution in [3.05, 3.63) is 23.3 Å². The normalized spacial score (nSPS) is 19.1. The molecule has 0 aromatic carbocycles. The highest BCUT2D eigenvalue weighted by Gasteiger charge is 2.24. The maximum absolute atomic E-state index is 12.6. The molecule has 1 atom stereocenters. The lowest BCUT2D eigenvalue weighted by Crippen LogP contribution is -2.31. The molecule has 0 saturated carbocycles. The number of hydrogen-bond donors (Lipinski definition) is 1. The molecule has 0 spiro atoms. The van der Waals surface area contributed by atoms with Crippen LogP contribution in [0.25, 0.3) is 5.78 Å². The van der Waals surface area contributed by atoms with E-state index in [1.54, 1.807) is 4.52 Å². The first-order valence-corrected chi connectivity index (χ1v) is 8.45. The highest BCUT2D eigenvalue weighted by atomic mass is 16.1. The molecule has 1 N–H and O–H groups in total. The number of nitrogens with one attached hydrogen (secondary N) is 1. The molecule has 1 saturated heterocycles. The molecule has 0 radical (unpaired) electrons. The van der Waals surface area contributed by atoms with Crippen molar-refractivity contribution in [1.82, 2.24) is 29.8 Å². The van der Waals surface area contributed by atoms with Crippen LogP contribution in [-0.4, -0.2) is 57.1 Å². The van der Waals surface area contributed by atoms with Crippen molar-refractivity contribution >= 4 is 11.7 Å². The average Bonchev–Trinajstić information content (AvgIpc) is 3.06. The Labute approximate surface area is 142 Å². The van der Waals surface area contributed by atoms with Gasteiger partial charge < -0.3 is 10.2 Å². The number of fused-ring (bicyclic) bond motifs is 1. The van der Waals surface area contributed by atoms with Gasteiger partial charge in [0, 0.05) is 18.5 Å². The van der Waals surface area contributed by atoms with E-state index in [4.69, 9.17) is 0 Å². The lowest BCUT2D eigenvalue weighted by molar-refractivity contribution is 0.0942. The topological polar surface area (TPSA) is 75.4 Å². The van der Waals surface area contributed by atoms with Gasteiger partial charge in [-0.15, -0.1) is 0 Å². The Bertz CT molecular complexity index is 760. The monoisotopic (exact) mass is 330 g/mol. The van der Waals surface area contributed by atoms with Crippen LogP contribution in [0.5, 0.6) is 0 Å². The molecule has 1 amide bonds. The molecule has 1 fully saturated rings. The summed E-state index contributed by atoms with van der Waals surface area (Å²) in [6.45, 7) is 10.9. The zero-order chi connectivity index (χ0) is 17.5. The van der Waals surface area contributed by atoms with Gasteiger partial charge in [0.25, 0.3) is 11.7 Å². The average molecular weight is 330 g/mol. The summed E-state index contributed by atoms with van der Waals surface area (Å²) in [6, 6.07) is 1.83. The van der Waals surface area contributed by atoms with Crippen molar-refractivity contribution < 1.29 is 4.79 Å². The molecule has 7 nitrogen and oxygen atoms in total. The van der Waals surface area contributed by atoms with Gasteiger partial charge in [0.15, 0.2) is 0 Å². The van der Waals surface area contributed by atoms with Crippen LogP contribution >= 0.6 is 0 Å². The molecular weight excluding hydrogens is 304 g/mol. The number of amides is 1. The Hall–Kier alpha value is -2.02. The van der Waals surface area contributed by atoms with E-state index in [9.17, 15) is 4.79 Å². The maximum atomic E-state index is 12.6. The number of aromatic nitrogens is 4. The van der Waals surface area contributed by atoms with Crippen molar-refractivity contribution in [1.29, 1.82) is 0 Å². The SMILES string of the molecule is Cc1nc2nc(C(=O)NCC3CCN(C)C3)cc(C(C)(C)C)n2n1. The summed E-state index contributed by atoms with van der Waals surface area (Å²) in [5.74, 6) is 1.50.